The van der Waals surface area contributed by atoms with Gasteiger partial charge in [0.1, 0.15) is 5.82 Å². The van der Waals surface area contributed by atoms with E-state index in [9.17, 15) is 4.39 Å². The molecule has 0 spiro atoms. The summed E-state index contributed by atoms with van der Waals surface area (Å²) in [6, 6.07) is 19.6. The van der Waals surface area contributed by atoms with E-state index in [1.54, 1.807) is 6.07 Å². The number of hydrogen-bond donors (Lipinski definition) is 2. The van der Waals surface area contributed by atoms with Crippen molar-refractivity contribution < 1.29 is 4.39 Å². The lowest BCUT2D eigenvalue weighted by atomic mass is 9.98. The summed E-state index contributed by atoms with van der Waals surface area (Å²) in [5.41, 5.74) is 9.44. The van der Waals surface area contributed by atoms with Crippen molar-refractivity contribution >= 4 is 21.7 Å². The first-order valence-electron chi connectivity index (χ1n) is 8.77. The molecule has 0 aliphatic rings. The first-order chi connectivity index (χ1) is 12.3. The Hall–Kier alpha value is -2.65. The highest BCUT2D eigenvalue weighted by atomic mass is 19.1. The van der Waals surface area contributed by atoms with Crippen LogP contribution in [0.25, 0.3) is 32.9 Å². The average Bonchev–Trinajstić information content (AvgIpc) is 3.01. The normalized spacial score (nSPS) is 11.4. The van der Waals surface area contributed by atoms with E-state index < -0.39 is 0 Å². The monoisotopic (exact) mass is 332 g/mol. The molecule has 1 heterocycles. The molecule has 3 N–H and O–H groups in total. The molecule has 0 aliphatic carbocycles. The van der Waals surface area contributed by atoms with Crippen LogP contribution in [0.3, 0.4) is 0 Å². The summed E-state index contributed by atoms with van der Waals surface area (Å²) in [6.45, 7) is 0.681. The fraction of sp³-hybridized carbons (Fsp3) is 0.182. The number of H-pyrrole nitrogens is 1. The number of nitrogens with one attached hydrogen (secondary N) is 1. The van der Waals surface area contributed by atoms with Crippen LogP contribution >= 0.6 is 0 Å². The molecule has 0 aliphatic heterocycles. The minimum Gasteiger partial charge on any atom is -0.354 e. The molecule has 0 atom stereocenters. The largest absolute Gasteiger partial charge is 0.354 e. The lowest BCUT2D eigenvalue weighted by molar-refractivity contribution is 0.630. The predicted molar refractivity (Wildman–Crippen MR) is 103 cm³/mol. The number of benzene rings is 3. The Kier molecular flexibility index (Phi) is 4.24. The zero-order valence-electron chi connectivity index (χ0n) is 14.1. The quantitative estimate of drug-likeness (QED) is 0.472. The van der Waals surface area contributed by atoms with Gasteiger partial charge in [0.25, 0.3) is 0 Å². The van der Waals surface area contributed by atoms with E-state index in [0.29, 0.717) is 12.1 Å². The van der Waals surface area contributed by atoms with Crippen LogP contribution in [0.2, 0.25) is 0 Å². The van der Waals surface area contributed by atoms with Crippen molar-refractivity contribution in [3.63, 3.8) is 0 Å². The summed E-state index contributed by atoms with van der Waals surface area (Å²) in [5.74, 6) is -0.196. The van der Waals surface area contributed by atoms with Gasteiger partial charge in [0.15, 0.2) is 0 Å². The van der Waals surface area contributed by atoms with E-state index in [0.717, 1.165) is 30.5 Å². The lowest BCUT2D eigenvalue weighted by Gasteiger charge is -2.06. The summed E-state index contributed by atoms with van der Waals surface area (Å²) >= 11 is 0. The number of unbranched alkanes of at least 4 members (excludes halogenated alkanes) is 1. The van der Waals surface area contributed by atoms with Gasteiger partial charge >= 0.3 is 0 Å². The molecule has 4 aromatic rings. The van der Waals surface area contributed by atoms with Crippen LogP contribution < -0.4 is 5.73 Å². The van der Waals surface area contributed by atoms with Crippen LogP contribution in [0, 0.1) is 5.82 Å². The molecule has 0 saturated carbocycles. The van der Waals surface area contributed by atoms with Crippen molar-refractivity contribution in [2.45, 2.75) is 19.3 Å². The first-order valence-corrected chi connectivity index (χ1v) is 8.77. The molecule has 0 saturated heterocycles. The SMILES string of the molecule is NCCCCc1c(-c2ccccc2F)[nH]c2c1ccc1ccccc12. The van der Waals surface area contributed by atoms with Gasteiger partial charge in [0.2, 0.25) is 0 Å². The molecular formula is C22H21FN2. The fourth-order valence-corrected chi connectivity index (χ4v) is 3.59. The second kappa shape index (κ2) is 6.69. The number of nitrogens with two attached hydrogens (primary N) is 1. The van der Waals surface area contributed by atoms with Gasteiger partial charge in [-0.25, -0.2) is 4.39 Å². The fourth-order valence-electron chi connectivity index (χ4n) is 3.59. The number of halogens is 1. The van der Waals surface area contributed by atoms with Crippen LogP contribution in [0.5, 0.6) is 0 Å². The molecule has 1 aromatic heterocycles. The molecule has 2 nitrogen and oxygen atoms in total. The summed E-state index contributed by atoms with van der Waals surface area (Å²) in [4.78, 5) is 3.52. The van der Waals surface area contributed by atoms with Gasteiger partial charge < -0.3 is 10.7 Å². The molecule has 0 unspecified atom stereocenters. The lowest BCUT2D eigenvalue weighted by Crippen LogP contribution is -1.99. The van der Waals surface area contributed by atoms with Gasteiger partial charge in [-0.05, 0) is 48.9 Å². The summed E-state index contributed by atoms with van der Waals surface area (Å²) in [6.07, 6.45) is 2.86. The van der Waals surface area contributed by atoms with Crippen LogP contribution in [-0.2, 0) is 6.42 Å². The van der Waals surface area contributed by atoms with Crippen molar-refractivity contribution in [2.75, 3.05) is 6.54 Å². The zero-order valence-corrected chi connectivity index (χ0v) is 14.1. The second-order valence-electron chi connectivity index (χ2n) is 6.41. The van der Waals surface area contributed by atoms with Gasteiger partial charge in [-0.1, -0.05) is 48.5 Å². The molecule has 4 rings (SSSR count). The van der Waals surface area contributed by atoms with Crippen molar-refractivity contribution in [1.29, 1.82) is 0 Å². The Bertz CT molecular complexity index is 1030. The molecule has 0 radical (unpaired) electrons. The van der Waals surface area contributed by atoms with E-state index in [1.807, 2.05) is 24.3 Å². The van der Waals surface area contributed by atoms with Crippen LogP contribution in [-0.4, -0.2) is 11.5 Å². The van der Waals surface area contributed by atoms with E-state index in [-0.39, 0.29) is 5.82 Å². The number of aryl methyl sites for hydroxylation is 1. The first kappa shape index (κ1) is 15.9. The maximum atomic E-state index is 14.4. The molecular weight excluding hydrogens is 311 g/mol. The summed E-state index contributed by atoms with van der Waals surface area (Å²) in [7, 11) is 0. The Morgan fingerprint density at radius 2 is 1.64 bits per heavy atom. The maximum Gasteiger partial charge on any atom is 0.132 e. The van der Waals surface area contributed by atoms with Gasteiger partial charge in [0.05, 0.1) is 11.2 Å². The molecule has 0 fully saturated rings. The van der Waals surface area contributed by atoms with Crippen molar-refractivity contribution in [3.8, 4) is 11.3 Å². The van der Waals surface area contributed by atoms with Crippen molar-refractivity contribution in [3.05, 3.63) is 72.0 Å². The average molecular weight is 332 g/mol. The van der Waals surface area contributed by atoms with Gasteiger partial charge in [0, 0.05) is 16.3 Å². The Morgan fingerprint density at radius 3 is 2.48 bits per heavy atom. The van der Waals surface area contributed by atoms with E-state index in [4.69, 9.17) is 5.73 Å². The van der Waals surface area contributed by atoms with Gasteiger partial charge in [-0.3, -0.25) is 0 Å². The minimum atomic E-state index is -0.196. The molecule has 0 amide bonds. The van der Waals surface area contributed by atoms with E-state index in [2.05, 4.69) is 29.2 Å². The second-order valence-corrected chi connectivity index (χ2v) is 6.41. The molecule has 3 heteroatoms. The molecule has 126 valence electrons. The van der Waals surface area contributed by atoms with Crippen LogP contribution in [0.15, 0.2) is 60.7 Å². The Morgan fingerprint density at radius 1 is 0.840 bits per heavy atom. The highest BCUT2D eigenvalue weighted by Crippen LogP contribution is 2.36. The van der Waals surface area contributed by atoms with E-state index >= 15 is 0 Å². The van der Waals surface area contributed by atoms with Gasteiger partial charge in [-0.2, -0.15) is 0 Å². The smallest absolute Gasteiger partial charge is 0.132 e. The maximum absolute atomic E-state index is 14.4. The van der Waals surface area contributed by atoms with E-state index in [1.165, 1.54) is 27.8 Å². The number of rotatable bonds is 5. The summed E-state index contributed by atoms with van der Waals surface area (Å²) in [5, 5.41) is 3.53. The van der Waals surface area contributed by atoms with Crippen LogP contribution in [0.4, 0.5) is 4.39 Å². The summed E-state index contributed by atoms with van der Waals surface area (Å²) < 4.78 is 14.4. The molecule has 3 aromatic carbocycles. The van der Waals surface area contributed by atoms with Crippen molar-refractivity contribution in [2.24, 2.45) is 5.73 Å². The highest BCUT2D eigenvalue weighted by Gasteiger charge is 2.16. The third-order valence-corrected chi connectivity index (χ3v) is 4.83. The third kappa shape index (κ3) is 2.81. The Labute approximate surface area is 146 Å². The number of aromatic nitrogens is 1. The zero-order chi connectivity index (χ0) is 17.2. The number of fused-ring (bicyclic) bond motifs is 3. The Balaban J connectivity index is 1.98. The van der Waals surface area contributed by atoms with Crippen molar-refractivity contribution in [1.82, 2.24) is 4.98 Å². The number of aromatic amines is 1. The predicted octanol–water partition coefficient (Wildman–Crippen LogP) is 5.41. The minimum absolute atomic E-state index is 0.196. The van der Waals surface area contributed by atoms with Crippen LogP contribution in [0.1, 0.15) is 18.4 Å². The highest BCUT2D eigenvalue weighted by molar-refractivity contribution is 6.08. The van der Waals surface area contributed by atoms with Gasteiger partial charge in [-0.15, -0.1) is 0 Å². The topological polar surface area (TPSA) is 41.8 Å². The third-order valence-electron chi connectivity index (χ3n) is 4.83. The molecule has 25 heavy (non-hydrogen) atoms. The number of hydrogen-bond acceptors (Lipinski definition) is 1. The molecule has 0 bridgehead atoms. The standard InChI is InChI=1S/C22H21FN2/c23-20-11-4-3-10-19(20)22-17(9-5-6-14-24)18-13-12-15-7-1-2-8-16(15)21(18)25-22/h1-4,7-8,10-13,25H,5-6,9,14,24H2.